The van der Waals surface area contributed by atoms with Crippen LogP contribution in [0, 0.1) is 0 Å². The highest BCUT2D eigenvalue weighted by molar-refractivity contribution is 6.15. The summed E-state index contributed by atoms with van der Waals surface area (Å²) < 4.78 is 22.2. The molecule has 4 rings (SSSR count). The van der Waals surface area contributed by atoms with Crippen LogP contribution in [0.5, 0.6) is 28.7 Å². The minimum atomic E-state index is -0.256. The largest absolute Gasteiger partial charge is 0.872 e. The van der Waals surface area contributed by atoms with E-state index in [4.69, 9.17) is 18.9 Å². The van der Waals surface area contributed by atoms with Gasteiger partial charge in [0.1, 0.15) is 18.0 Å². The number of methoxy groups -OCH3 is 3. The highest BCUT2D eigenvalue weighted by Gasteiger charge is 2.32. The summed E-state index contributed by atoms with van der Waals surface area (Å²) in [6, 6.07) is 6.44. The maximum Gasteiger partial charge on any atom is 0.231 e. The Morgan fingerprint density at radius 2 is 1.73 bits per heavy atom. The number of nitrogens with one attached hydrogen (secondary N) is 1. The van der Waals surface area contributed by atoms with E-state index in [0.717, 1.165) is 32.7 Å². The Bertz CT molecular complexity index is 1070. The second-order valence-corrected chi connectivity index (χ2v) is 8.17. The van der Waals surface area contributed by atoms with Gasteiger partial charge in [0.25, 0.3) is 0 Å². The zero-order valence-electron chi connectivity index (χ0n) is 19.5. The first-order valence-electron chi connectivity index (χ1n) is 11.1. The quantitative estimate of drug-likeness (QED) is 0.628. The summed E-state index contributed by atoms with van der Waals surface area (Å²) in [5, 5.41) is 12.7. The van der Waals surface area contributed by atoms with Crippen LogP contribution in [-0.4, -0.2) is 64.7 Å². The number of ether oxygens (including phenoxy) is 4. The molecule has 0 spiro atoms. The van der Waals surface area contributed by atoms with Crippen LogP contribution in [0.1, 0.15) is 28.4 Å². The predicted molar refractivity (Wildman–Crippen MR) is 121 cm³/mol. The van der Waals surface area contributed by atoms with Crippen molar-refractivity contribution in [2.75, 3.05) is 54.1 Å². The fourth-order valence-corrected chi connectivity index (χ4v) is 4.38. The van der Waals surface area contributed by atoms with E-state index in [-0.39, 0.29) is 17.3 Å². The molecule has 0 aromatic heterocycles. The van der Waals surface area contributed by atoms with Crippen molar-refractivity contribution >= 4 is 11.9 Å². The van der Waals surface area contributed by atoms with E-state index in [1.807, 2.05) is 0 Å². The highest BCUT2D eigenvalue weighted by Crippen LogP contribution is 2.40. The fraction of sp³-hybridized carbons (Fsp3) is 0.400. The topological polar surface area (TPSA) is 84.7 Å². The van der Waals surface area contributed by atoms with E-state index in [1.165, 1.54) is 18.1 Å². The lowest BCUT2D eigenvalue weighted by atomic mass is 10.0. The Labute approximate surface area is 193 Å². The summed E-state index contributed by atoms with van der Waals surface area (Å²) >= 11 is 0. The predicted octanol–water partition coefficient (Wildman–Crippen LogP) is 1.12. The average molecular weight is 455 g/mol. The summed E-state index contributed by atoms with van der Waals surface area (Å²) in [4.78, 5) is 16.8. The van der Waals surface area contributed by atoms with E-state index >= 15 is 0 Å². The molecule has 1 fully saturated rings. The Morgan fingerprint density at radius 3 is 2.36 bits per heavy atom. The number of piperazine rings is 1. The number of hydrogen-bond acceptors (Lipinski definition) is 7. The first kappa shape index (κ1) is 22.9. The minimum Gasteiger partial charge on any atom is -0.872 e. The molecular formula is C25H30N2O6. The number of quaternary nitrogens is 1. The van der Waals surface area contributed by atoms with Crippen molar-refractivity contribution in [3.63, 3.8) is 0 Å². The minimum absolute atomic E-state index is 0.100. The number of carbonyl (C=O) groups excluding carboxylic acids is 1. The smallest absolute Gasteiger partial charge is 0.231 e. The third kappa shape index (κ3) is 4.49. The standard InChI is InChI=1S/C25H30N2O6/c1-5-26-8-10-27(11-9-26)15-18-19(28)7-6-17-24(29)23(33-25(17)18)13-16-12-21(31-3)22(32-4)14-20(16)30-2/h6-7,12-14,28H,5,8-11,15H2,1-4H3/b23-13-. The van der Waals surface area contributed by atoms with Crippen LogP contribution in [-0.2, 0) is 6.54 Å². The summed E-state index contributed by atoms with van der Waals surface area (Å²) in [5.74, 6) is 1.70. The summed E-state index contributed by atoms with van der Waals surface area (Å²) in [5.41, 5.74) is 1.59. The van der Waals surface area contributed by atoms with Gasteiger partial charge in [-0.1, -0.05) is 18.7 Å². The van der Waals surface area contributed by atoms with Crippen molar-refractivity contribution in [2.24, 2.45) is 0 Å². The molecule has 0 radical (unpaired) electrons. The molecule has 0 aliphatic carbocycles. The van der Waals surface area contributed by atoms with Crippen LogP contribution in [0.25, 0.3) is 6.08 Å². The van der Waals surface area contributed by atoms with E-state index in [1.54, 1.807) is 38.5 Å². The molecule has 2 aliphatic rings. The number of nitrogens with zero attached hydrogens (tertiary/aromatic N) is 1. The van der Waals surface area contributed by atoms with Gasteiger partial charge in [-0.15, -0.1) is 0 Å². The molecule has 176 valence electrons. The average Bonchev–Trinajstić information content (AvgIpc) is 3.16. The van der Waals surface area contributed by atoms with E-state index in [9.17, 15) is 9.90 Å². The van der Waals surface area contributed by atoms with Crippen LogP contribution in [0.3, 0.4) is 0 Å². The number of rotatable bonds is 7. The van der Waals surface area contributed by atoms with Gasteiger partial charge in [0.2, 0.25) is 5.78 Å². The number of ketones is 1. The van der Waals surface area contributed by atoms with Gasteiger partial charge < -0.3 is 29.0 Å². The van der Waals surface area contributed by atoms with Gasteiger partial charge in [-0.2, -0.15) is 0 Å². The molecule has 0 bridgehead atoms. The van der Waals surface area contributed by atoms with Gasteiger partial charge in [0.05, 0.1) is 40.0 Å². The first-order valence-corrected chi connectivity index (χ1v) is 11.1. The van der Waals surface area contributed by atoms with E-state index in [2.05, 4.69) is 11.8 Å². The second kappa shape index (κ2) is 9.72. The van der Waals surface area contributed by atoms with Gasteiger partial charge in [-0.3, -0.25) is 9.69 Å². The molecule has 0 amide bonds. The van der Waals surface area contributed by atoms with Crippen LogP contribution < -0.4 is 29.0 Å². The Hall–Kier alpha value is -3.23. The van der Waals surface area contributed by atoms with Crippen LogP contribution in [0.2, 0.25) is 0 Å². The van der Waals surface area contributed by atoms with Gasteiger partial charge in [0, 0.05) is 30.3 Å². The zero-order chi connectivity index (χ0) is 23.5. The van der Waals surface area contributed by atoms with Gasteiger partial charge in [-0.25, -0.2) is 0 Å². The molecule has 0 saturated carbocycles. The molecule has 2 aliphatic heterocycles. The van der Waals surface area contributed by atoms with Crippen LogP contribution >= 0.6 is 0 Å². The van der Waals surface area contributed by atoms with Gasteiger partial charge in [-0.05, 0) is 24.8 Å². The highest BCUT2D eigenvalue weighted by atomic mass is 16.5. The number of likely N-dealkylation sites (N-methyl/N-ethyl adjacent to an activating group) is 1. The lowest BCUT2D eigenvalue weighted by Crippen LogP contribution is -3.13. The summed E-state index contributed by atoms with van der Waals surface area (Å²) in [6.45, 7) is 7.64. The number of benzene rings is 2. The summed E-state index contributed by atoms with van der Waals surface area (Å²) in [7, 11) is 4.62. The first-order chi connectivity index (χ1) is 16.0. The zero-order valence-corrected chi connectivity index (χ0v) is 19.5. The maximum absolute atomic E-state index is 13.1. The molecule has 0 atom stereocenters. The van der Waals surface area contributed by atoms with Crippen molar-refractivity contribution in [3.05, 3.63) is 46.7 Å². The lowest BCUT2D eigenvalue weighted by molar-refractivity contribution is -0.918. The van der Waals surface area contributed by atoms with Gasteiger partial charge >= 0.3 is 0 Å². The number of allylic oxidation sites excluding steroid dienone is 1. The van der Waals surface area contributed by atoms with Gasteiger partial charge in [0.15, 0.2) is 17.3 Å². The third-order valence-electron chi connectivity index (χ3n) is 6.36. The second-order valence-electron chi connectivity index (χ2n) is 8.17. The normalized spacial score (nSPS) is 17.7. The molecule has 8 heteroatoms. The Morgan fingerprint density at radius 1 is 1.06 bits per heavy atom. The van der Waals surface area contributed by atoms with Crippen molar-refractivity contribution in [1.82, 2.24) is 4.90 Å². The van der Waals surface area contributed by atoms with Crippen molar-refractivity contribution in [1.29, 1.82) is 0 Å². The number of Topliss-reactive ketones (excluding diaryl/α,β-unsaturated/α-hetero) is 1. The SMILES string of the molecule is CCN1CC[NH+](Cc2c([O-])ccc3c2O/C(=C\c2cc(OC)c(OC)cc2OC)C3=O)CC1. The number of hydrogen-bond donors (Lipinski definition) is 1. The third-order valence-corrected chi connectivity index (χ3v) is 6.36. The molecule has 8 nitrogen and oxygen atoms in total. The molecule has 1 saturated heterocycles. The van der Waals surface area contributed by atoms with Crippen molar-refractivity contribution in [3.8, 4) is 28.7 Å². The molecular weight excluding hydrogens is 424 g/mol. The molecule has 33 heavy (non-hydrogen) atoms. The molecule has 2 aromatic rings. The molecule has 2 aromatic carbocycles. The Balaban J connectivity index is 1.64. The number of fused-ring (bicyclic) bond motifs is 1. The van der Waals surface area contributed by atoms with E-state index in [0.29, 0.717) is 46.2 Å². The number of carbonyl (C=O) groups is 1. The van der Waals surface area contributed by atoms with Crippen LogP contribution in [0.4, 0.5) is 0 Å². The molecule has 0 unspecified atom stereocenters. The van der Waals surface area contributed by atoms with Crippen molar-refractivity contribution < 1.29 is 33.7 Å². The molecule has 2 heterocycles. The maximum atomic E-state index is 13.1. The van der Waals surface area contributed by atoms with E-state index < -0.39 is 0 Å². The Kier molecular flexibility index (Phi) is 6.76. The molecule has 1 N–H and O–H groups in total. The summed E-state index contributed by atoms with van der Waals surface area (Å²) in [6.07, 6.45) is 1.62. The fourth-order valence-electron chi connectivity index (χ4n) is 4.38. The van der Waals surface area contributed by atoms with Crippen molar-refractivity contribution in [2.45, 2.75) is 13.5 Å². The lowest BCUT2D eigenvalue weighted by Gasteiger charge is -2.32. The van der Waals surface area contributed by atoms with Crippen LogP contribution in [0.15, 0.2) is 30.0 Å². The monoisotopic (exact) mass is 454 g/mol.